The molecule has 0 aromatic heterocycles. The van der Waals surface area contributed by atoms with Crippen molar-refractivity contribution >= 4 is 11.6 Å². The quantitative estimate of drug-likeness (QED) is 0.457. The van der Waals surface area contributed by atoms with Crippen LogP contribution in [-0.2, 0) is 4.74 Å². The van der Waals surface area contributed by atoms with Gasteiger partial charge in [-0.3, -0.25) is 14.9 Å². The molecule has 24 heavy (non-hydrogen) atoms. The number of ether oxygens (including phenoxy) is 1. The van der Waals surface area contributed by atoms with Crippen molar-refractivity contribution in [2.24, 2.45) is 0 Å². The monoisotopic (exact) mass is 328 g/mol. The maximum atomic E-state index is 12.0. The third-order valence-corrected chi connectivity index (χ3v) is 3.59. The Bertz CT molecular complexity index is 688. The third kappa shape index (κ3) is 4.89. The largest absolute Gasteiger partial charge is 0.374 e. The van der Waals surface area contributed by atoms with Crippen LogP contribution in [0.2, 0.25) is 0 Å². The molecule has 0 saturated carbocycles. The molecule has 0 spiro atoms. The maximum absolute atomic E-state index is 12.0. The van der Waals surface area contributed by atoms with E-state index in [1.165, 1.54) is 18.2 Å². The second-order valence-electron chi connectivity index (χ2n) is 5.31. The van der Waals surface area contributed by atoms with Crippen molar-refractivity contribution in [3.8, 4) is 0 Å². The zero-order chi connectivity index (χ0) is 17.4. The van der Waals surface area contributed by atoms with Crippen molar-refractivity contribution < 1.29 is 14.5 Å². The lowest BCUT2D eigenvalue weighted by Gasteiger charge is -2.13. The standard InChI is InChI=1S/C18H20N2O4/c1-14(15-8-3-2-4-9-15)24-13-7-12-19-18(21)16-10-5-6-11-17(16)20(22)23/h2-6,8-11,14H,7,12-13H2,1H3,(H,19,21)/t14-/m0/s1. The summed E-state index contributed by atoms with van der Waals surface area (Å²) in [4.78, 5) is 22.4. The van der Waals surface area contributed by atoms with Crippen LogP contribution in [0.4, 0.5) is 5.69 Å². The summed E-state index contributed by atoms with van der Waals surface area (Å²) in [5, 5.41) is 13.6. The summed E-state index contributed by atoms with van der Waals surface area (Å²) < 4.78 is 5.72. The Morgan fingerprint density at radius 3 is 2.54 bits per heavy atom. The highest BCUT2D eigenvalue weighted by molar-refractivity contribution is 5.98. The minimum absolute atomic E-state index is 0.0166. The van der Waals surface area contributed by atoms with Crippen molar-refractivity contribution in [3.05, 3.63) is 75.8 Å². The number of benzene rings is 2. The van der Waals surface area contributed by atoms with Gasteiger partial charge < -0.3 is 10.1 Å². The Labute approximate surface area is 140 Å². The van der Waals surface area contributed by atoms with Crippen molar-refractivity contribution in [2.75, 3.05) is 13.2 Å². The lowest BCUT2D eigenvalue weighted by atomic mass is 10.1. The topological polar surface area (TPSA) is 81.5 Å². The fourth-order valence-corrected chi connectivity index (χ4v) is 2.27. The van der Waals surface area contributed by atoms with Gasteiger partial charge in [-0.25, -0.2) is 0 Å². The van der Waals surface area contributed by atoms with Gasteiger partial charge in [-0.2, -0.15) is 0 Å². The number of carbonyl (C=O) groups is 1. The van der Waals surface area contributed by atoms with Crippen LogP contribution in [-0.4, -0.2) is 24.0 Å². The van der Waals surface area contributed by atoms with E-state index in [9.17, 15) is 14.9 Å². The van der Waals surface area contributed by atoms with E-state index in [1.54, 1.807) is 6.07 Å². The molecule has 1 atom stereocenters. The summed E-state index contributed by atoms with van der Waals surface area (Å²) in [6.45, 7) is 2.86. The molecule has 0 bridgehead atoms. The minimum Gasteiger partial charge on any atom is -0.374 e. The number of para-hydroxylation sites is 1. The lowest BCUT2D eigenvalue weighted by molar-refractivity contribution is -0.385. The van der Waals surface area contributed by atoms with Crippen LogP contribution < -0.4 is 5.32 Å². The van der Waals surface area contributed by atoms with Gasteiger partial charge in [0.25, 0.3) is 11.6 Å². The fourth-order valence-electron chi connectivity index (χ4n) is 2.27. The molecular formula is C18H20N2O4. The number of nitro benzene ring substituents is 1. The molecule has 0 saturated heterocycles. The van der Waals surface area contributed by atoms with Crippen LogP contribution in [0.25, 0.3) is 0 Å². The summed E-state index contributed by atoms with van der Waals surface area (Å²) in [6, 6.07) is 15.8. The van der Waals surface area contributed by atoms with Gasteiger partial charge in [0.1, 0.15) is 5.56 Å². The SMILES string of the molecule is C[C@H](OCCCNC(=O)c1ccccc1[N+](=O)[O-])c1ccccc1. The molecule has 6 nitrogen and oxygen atoms in total. The highest BCUT2D eigenvalue weighted by Crippen LogP contribution is 2.17. The molecule has 1 N–H and O–H groups in total. The van der Waals surface area contributed by atoms with Gasteiger partial charge in [-0.15, -0.1) is 0 Å². The van der Waals surface area contributed by atoms with E-state index < -0.39 is 10.8 Å². The predicted octanol–water partition coefficient (Wildman–Crippen LogP) is 3.49. The van der Waals surface area contributed by atoms with E-state index in [0.717, 1.165) is 5.56 Å². The van der Waals surface area contributed by atoms with Crippen molar-refractivity contribution in [1.82, 2.24) is 5.32 Å². The zero-order valence-electron chi connectivity index (χ0n) is 13.5. The number of nitrogens with one attached hydrogen (secondary N) is 1. The summed E-state index contributed by atoms with van der Waals surface area (Å²) in [6.07, 6.45) is 0.612. The Kier molecular flexibility index (Phi) is 6.45. The highest BCUT2D eigenvalue weighted by atomic mass is 16.6. The number of rotatable bonds is 8. The first-order valence-electron chi connectivity index (χ1n) is 7.77. The van der Waals surface area contributed by atoms with E-state index in [2.05, 4.69) is 5.32 Å². The van der Waals surface area contributed by atoms with Gasteiger partial charge in [-0.05, 0) is 25.0 Å². The molecule has 2 aromatic rings. The molecule has 0 aliphatic rings. The first-order chi connectivity index (χ1) is 11.6. The lowest BCUT2D eigenvalue weighted by Crippen LogP contribution is -2.26. The van der Waals surface area contributed by atoms with E-state index >= 15 is 0 Å². The van der Waals surface area contributed by atoms with Gasteiger partial charge in [0.05, 0.1) is 11.0 Å². The van der Waals surface area contributed by atoms with E-state index in [0.29, 0.717) is 19.6 Å². The van der Waals surface area contributed by atoms with Crippen LogP contribution in [0, 0.1) is 10.1 Å². The summed E-state index contributed by atoms with van der Waals surface area (Å²) in [5.41, 5.74) is 0.978. The maximum Gasteiger partial charge on any atom is 0.282 e. The molecular weight excluding hydrogens is 308 g/mol. The molecule has 126 valence electrons. The van der Waals surface area contributed by atoms with Crippen molar-refractivity contribution in [3.63, 3.8) is 0 Å². The summed E-state index contributed by atoms with van der Waals surface area (Å²) in [5.74, 6) is -0.446. The number of nitrogens with zero attached hydrogens (tertiary/aromatic N) is 1. The number of nitro groups is 1. The fraction of sp³-hybridized carbons (Fsp3) is 0.278. The highest BCUT2D eigenvalue weighted by Gasteiger charge is 2.18. The Morgan fingerprint density at radius 2 is 1.83 bits per heavy atom. The number of carbonyl (C=O) groups excluding carboxylic acids is 1. The van der Waals surface area contributed by atoms with Crippen LogP contribution in [0.3, 0.4) is 0 Å². The summed E-state index contributed by atoms with van der Waals surface area (Å²) >= 11 is 0. The first-order valence-corrected chi connectivity index (χ1v) is 7.77. The van der Waals surface area contributed by atoms with Crippen molar-refractivity contribution in [2.45, 2.75) is 19.4 Å². The van der Waals surface area contributed by atoms with Crippen LogP contribution in [0.15, 0.2) is 54.6 Å². The van der Waals surface area contributed by atoms with Gasteiger partial charge in [0.2, 0.25) is 0 Å². The van der Waals surface area contributed by atoms with Gasteiger partial charge in [-0.1, -0.05) is 42.5 Å². The smallest absolute Gasteiger partial charge is 0.282 e. The molecule has 2 rings (SSSR count). The molecule has 0 radical (unpaired) electrons. The van der Waals surface area contributed by atoms with Gasteiger partial charge in [0, 0.05) is 19.2 Å². The number of amides is 1. The van der Waals surface area contributed by atoms with E-state index in [1.807, 2.05) is 37.3 Å². The molecule has 0 aliphatic carbocycles. The van der Waals surface area contributed by atoms with E-state index in [-0.39, 0.29) is 17.4 Å². The van der Waals surface area contributed by atoms with Crippen LogP contribution in [0.1, 0.15) is 35.4 Å². The number of hydrogen-bond donors (Lipinski definition) is 1. The average Bonchev–Trinajstić information content (AvgIpc) is 2.61. The zero-order valence-corrected chi connectivity index (χ0v) is 13.5. The first kappa shape index (κ1) is 17.6. The number of hydrogen-bond acceptors (Lipinski definition) is 4. The Hall–Kier alpha value is -2.73. The van der Waals surface area contributed by atoms with Crippen LogP contribution >= 0.6 is 0 Å². The van der Waals surface area contributed by atoms with Gasteiger partial charge in [0.15, 0.2) is 0 Å². The second-order valence-corrected chi connectivity index (χ2v) is 5.31. The third-order valence-electron chi connectivity index (χ3n) is 3.59. The van der Waals surface area contributed by atoms with E-state index in [4.69, 9.17) is 4.74 Å². The van der Waals surface area contributed by atoms with Crippen molar-refractivity contribution in [1.29, 1.82) is 0 Å². The minimum atomic E-state index is -0.556. The predicted molar refractivity (Wildman–Crippen MR) is 90.9 cm³/mol. The Balaban J connectivity index is 1.75. The second kappa shape index (κ2) is 8.79. The average molecular weight is 328 g/mol. The molecule has 0 aliphatic heterocycles. The molecule has 0 unspecified atom stereocenters. The molecule has 0 heterocycles. The molecule has 2 aromatic carbocycles. The molecule has 0 fully saturated rings. The summed E-state index contributed by atoms with van der Waals surface area (Å²) in [7, 11) is 0. The normalized spacial score (nSPS) is 11.7. The molecule has 6 heteroatoms. The Morgan fingerprint density at radius 1 is 1.17 bits per heavy atom. The molecule has 1 amide bonds. The van der Waals surface area contributed by atoms with Gasteiger partial charge >= 0.3 is 0 Å². The van der Waals surface area contributed by atoms with Crippen LogP contribution in [0.5, 0.6) is 0 Å².